The van der Waals surface area contributed by atoms with Gasteiger partial charge in [-0.2, -0.15) is 18.3 Å². The second kappa shape index (κ2) is 7.85. The molecule has 2 aromatic rings. The van der Waals surface area contributed by atoms with Crippen molar-refractivity contribution in [3.05, 3.63) is 42.2 Å². The van der Waals surface area contributed by atoms with Crippen LogP contribution in [-0.2, 0) is 15.7 Å². The fourth-order valence-corrected chi connectivity index (χ4v) is 2.37. The Morgan fingerprint density at radius 2 is 2.00 bits per heavy atom. The van der Waals surface area contributed by atoms with E-state index in [0.717, 1.165) is 16.9 Å². The van der Waals surface area contributed by atoms with E-state index >= 15 is 0 Å². The summed E-state index contributed by atoms with van der Waals surface area (Å²) in [6, 6.07) is 6.86. The number of benzene rings is 1. The Labute approximate surface area is 147 Å². The minimum atomic E-state index is -4.49. The number of hydrogen-bond donors (Lipinski definition) is 2. The van der Waals surface area contributed by atoms with E-state index < -0.39 is 18.0 Å². The van der Waals surface area contributed by atoms with Crippen molar-refractivity contribution in [3.63, 3.8) is 0 Å². The SMILES string of the molecule is Cl.O=C(Nc1ccc(-n2nccc2C(F)(F)F)cc1)[C@H]1CNCCO1. The maximum absolute atomic E-state index is 12.9. The predicted octanol–water partition coefficient (Wildman–Crippen LogP) is 2.24. The molecule has 25 heavy (non-hydrogen) atoms. The summed E-state index contributed by atoms with van der Waals surface area (Å²) >= 11 is 0. The molecule has 0 aliphatic carbocycles. The van der Waals surface area contributed by atoms with E-state index in [2.05, 4.69) is 15.7 Å². The van der Waals surface area contributed by atoms with Crippen LogP contribution in [0.3, 0.4) is 0 Å². The molecular formula is C15H16ClF3N4O2. The fraction of sp³-hybridized carbons (Fsp3) is 0.333. The number of aromatic nitrogens is 2. The first-order valence-corrected chi connectivity index (χ1v) is 7.30. The van der Waals surface area contributed by atoms with Gasteiger partial charge in [0.2, 0.25) is 0 Å². The number of nitrogens with one attached hydrogen (secondary N) is 2. The summed E-state index contributed by atoms with van der Waals surface area (Å²) in [5.41, 5.74) is -0.138. The first-order valence-electron chi connectivity index (χ1n) is 7.30. The van der Waals surface area contributed by atoms with Crippen LogP contribution in [0.4, 0.5) is 18.9 Å². The molecular weight excluding hydrogens is 361 g/mol. The zero-order valence-corrected chi connectivity index (χ0v) is 13.7. The summed E-state index contributed by atoms with van der Waals surface area (Å²) in [6.07, 6.45) is -3.98. The van der Waals surface area contributed by atoms with Gasteiger partial charge in [-0.15, -0.1) is 12.4 Å². The smallest absolute Gasteiger partial charge is 0.366 e. The number of amides is 1. The molecule has 1 aliphatic rings. The number of alkyl halides is 3. The Balaban J connectivity index is 0.00000225. The Morgan fingerprint density at radius 3 is 2.60 bits per heavy atom. The molecule has 2 N–H and O–H groups in total. The molecule has 1 aromatic heterocycles. The third-order valence-corrected chi connectivity index (χ3v) is 3.53. The van der Waals surface area contributed by atoms with E-state index in [0.29, 0.717) is 25.4 Å². The van der Waals surface area contributed by atoms with Gasteiger partial charge in [0.25, 0.3) is 5.91 Å². The van der Waals surface area contributed by atoms with Gasteiger partial charge < -0.3 is 15.4 Å². The normalized spacial score (nSPS) is 17.6. The molecule has 1 atom stereocenters. The van der Waals surface area contributed by atoms with Gasteiger partial charge in [-0.05, 0) is 30.3 Å². The lowest BCUT2D eigenvalue weighted by Crippen LogP contribution is -2.45. The number of hydrogen-bond acceptors (Lipinski definition) is 4. The number of ether oxygens (including phenoxy) is 1. The Kier molecular flexibility index (Phi) is 6.04. The van der Waals surface area contributed by atoms with Crippen molar-refractivity contribution in [2.45, 2.75) is 12.3 Å². The average molecular weight is 377 g/mol. The molecule has 2 heterocycles. The van der Waals surface area contributed by atoms with Gasteiger partial charge in [0.05, 0.1) is 18.5 Å². The van der Waals surface area contributed by atoms with Crippen LogP contribution < -0.4 is 10.6 Å². The first kappa shape index (κ1) is 19.2. The van der Waals surface area contributed by atoms with Crippen LogP contribution in [0.15, 0.2) is 36.5 Å². The molecule has 1 amide bonds. The summed E-state index contributed by atoms with van der Waals surface area (Å²) < 4.78 is 44.8. The molecule has 1 fully saturated rings. The van der Waals surface area contributed by atoms with Crippen LogP contribution in [0.5, 0.6) is 0 Å². The maximum Gasteiger partial charge on any atom is 0.433 e. The van der Waals surface area contributed by atoms with E-state index in [4.69, 9.17) is 4.74 Å². The van der Waals surface area contributed by atoms with Crippen molar-refractivity contribution in [3.8, 4) is 5.69 Å². The van der Waals surface area contributed by atoms with Crippen molar-refractivity contribution >= 4 is 24.0 Å². The van der Waals surface area contributed by atoms with E-state index in [1.165, 1.54) is 24.3 Å². The van der Waals surface area contributed by atoms with Crippen LogP contribution >= 0.6 is 12.4 Å². The molecule has 10 heteroatoms. The van der Waals surface area contributed by atoms with Gasteiger partial charge in [-0.1, -0.05) is 0 Å². The summed E-state index contributed by atoms with van der Waals surface area (Å²) in [6.45, 7) is 1.58. The van der Waals surface area contributed by atoms with Crippen molar-refractivity contribution in [2.24, 2.45) is 0 Å². The molecule has 0 radical (unpaired) electrons. The number of halogens is 4. The standard InChI is InChI=1S/C15H15F3N4O2.ClH/c16-15(17,18)13-5-6-20-22(13)11-3-1-10(2-4-11)21-14(23)12-9-19-7-8-24-12;/h1-6,12,19H,7-9H2,(H,21,23);1H/t12-;/m1./s1. The van der Waals surface area contributed by atoms with Crippen molar-refractivity contribution in [1.82, 2.24) is 15.1 Å². The van der Waals surface area contributed by atoms with Crippen LogP contribution in [0, 0.1) is 0 Å². The molecule has 1 aromatic carbocycles. The number of nitrogens with zero attached hydrogens (tertiary/aromatic N) is 2. The molecule has 0 saturated carbocycles. The topological polar surface area (TPSA) is 68.2 Å². The van der Waals surface area contributed by atoms with E-state index in [-0.39, 0.29) is 24.0 Å². The summed E-state index contributed by atoms with van der Waals surface area (Å²) in [4.78, 5) is 12.0. The highest BCUT2D eigenvalue weighted by molar-refractivity contribution is 5.94. The highest BCUT2D eigenvalue weighted by Crippen LogP contribution is 2.30. The Morgan fingerprint density at radius 1 is 1.28 bits per heavy atom. The highest BCUT2D eigenvalue weighted by atomic mass is 35.5. The lowest BCUT2D eigenvalue weighted by molar-refractivity contribution is -0.142. The number of carbonyl (C=O) groups excluding carboxylic acids is 1. The minimum Gasteiger partial charge on any atom is -0.366 e. The molecule has 1 aliphatic heterocycles. The van der Waals surface area contributed by atoms with Gasteiger partial charge in [0.1, 0.15) is 11.8 Å². The lowest BCUT2D eigenvalue weighted by atomic mass is 10.2. The largest absolute Gasteiger partial charge is 0.433 e. The molecule has 1 saturated heterocycles. The van der Waals surface area contributed by atoms with Crippen molar-refractivity contribution in [1.29, 1.82) is 0 Å². The van der Waals surface area contributed by atoms with Gasteiger partial charge >= 0.3 is 6.18 Å². The molecule has 3 rings (SSSR count). The van der Waals surface area contributed by atoms with Crippen LogP contribution in [0.2, 0.25) is 0 Å². The molecule has 136 valence electrons. The van der Waals surface area contributed by atoms with Gasteiger partial charge in [0.15, 0.2) is 0 Å². The Hall–Kier alpha value is -2.10. The third kappa shape index (κ3) is 4.50. The maximum atomic E-state index is 12.9. The van der Waals surface area contributed by atoms with Crippen molar-refractivity contribution < 1.29 is 22.7 Å². The molecule has 0 bridgehead atoms. The van der Waals surface area contributed by atoms with E-state index in [1.54, 1.807) is 0 Å². The number of rotatable bonds is 3. The van der Waals surface area contributed by atoms with Gasteiger partial charge in [-0.3, -0.25) is 4.79 Å². The van der Waals surface area contributed by atoms with Crippen molar-refractivity contribution in [2.75, 3.05) is 25.0 Å². The zero-order chi connectivity index (χ0) is 17.2. The van der Waals surface area contributed by atoms with Crippen LogP contribution in [0.1, 0.15) is 5.69 Å². The minimum absolute atomic E-state index is 0. The number of morpholine rings is 1. The highest BCUT2D eigenvalue weighted by Gasteiger charge is 2.35. The molecule has 0 spiro atoms. The second-order valence-electron chi connectivity index (χ2n) is 5.23. The van der Waals surface area contributed by atoms with Gasteiger partial charge in [0, 0.05) is 18.8 Å². The van der Waals surface area contributed by atoms with Crippen LogP contribution in [0.25, 0.3) is 5.69 Å². The third-order valence-electron chi connectivity index (χ3n) is 3.53. The average Bonchev–Trinajstić information content (AvgIpc) is 3.06. The van der Waals surface area contributed by atoms with E-state index in [1.807, 2.05) is 0 Å². The number of carbonyl (C=O) groups is 1. The summed E-state index contributed by atoms with van der Waals surface area (Å²) in [5, 5.41) is 9.42. The quantitative estimate of drug-likeness (QED) is 0.862. The summed E-state index contributed by atoms with van der Waals surface area (Å²) in [5.74, 6) is -0.301. The monoisotopic (exact) mass is 376 g/mol. The second-order valence-corrected chi connectivity index (χ2v) is 5.23. The van der Waals surface area contributed by atoms with E-state index in [9.17, 15) is 18.0 Å². The fourth-order valence-electron chi connectivity index (χ4n) is 2.37. The molecule has 6 nitrogen and oxygen atoms in total. The molecule has 0 unspecified atom stereocenters. The summed E-state index contributed by atoms with van der Waals surface area (Å²) in [7, 11) is 0. The predicted molar refractivity (Wildman–Crippen MR) is 87.1 cm³/mol. The lowest BCUT2D eigenvalue weighted by Gasteiger charge is -2.22. The Bertz CT molecular complexity index is 712. The number of anilines is 1. The first-order chi connectivity index (χ1) is 11.4. The zero-order valence-electron chi connectivity index (χ0n) is 12.9. The van der Waals surface area contributed by atoms with Gasteiger partial charge in [-0.25, -0.2) is 4.68 Å². The van der Waals surface area contributed by atoms with Crippen LogP contribution in [-0.4, -0.2) is 41.5 Å².